The van der Waals surface area contributed by atoms with E-state index in [1.807, 2.05) is 55.1 Å². The van der Waals surface area contributed by atoms with Crippen LogP contribution in [0.2, 0.25) is 0 Å². The highest BCUT2D eigenvalue weighted by Gasteiger charge is 2.24. The third-order valence-electron chi connectivity index (χ3n) is 5.30. The van der Waals surface area contributed by atoms with Crippen molar-refractivity contribution in [3.8, 4) is 11.5 Å². The van der Waals surface area contributed by atoms with E-state index < -0.39 is 0 Å². The van der Waals surface area contributed by atoms with Crippen LogP contribution < -0.4 is 14.4 Å². The van der Waals surface area contributed by atoms with Crippen molar-refractivity contribution >= 4 is 11.6 Å². The molecule has 0 unspecified atom stereocenters. The maximum atomic E-state index is 13.2. The highest BCUT2D eigenvalue weighted by atomic mass is 16.5. The number of carbonyl (C=O) groups is 1. The lowest BCUT2D eigenvalue weighted by Gasteiger charge is -2.30. The van der Waals surface area contributed by atoms with Gasteiger partial charge in [-0.05, 0) is 68.7 Å². The Hall–Kier alpha value is -3.28. The lowest BCUT2D eigenvalue weighted by Crippen LogP contribution is -2.35. The van der Waals surface area contributed by atoms with Crippen LogP contribution in [0.4, 0.5) is 5.69 Å². The predicted octanol–water partition coefficient (Wildman–Crippen LogP) is 4.47. The normalized spacial score (nSPS) is 13.1. The maximum Gasteiger partial charge on any atom is 0.258 e. The summed E-state index contributed by atoms with van der Waals surface area (Å²) in [7, 11) is 1.65. The van der Waals surface area contributed by atoms with Gasteiger partial charge in [0.2, 0.25) is 0 Å². The molecule has 2 aromatic carbocycles. The van der Waals surface area contributed by atoms with E-state index >= 15 is 0 Å². The van der Waals surface area contributed by atoms with Crippen molar-refractivity contribution in [1.82, 2.24) is 5.16 Å². The number of ether oxygens (including phenoxy) is 2. The predicted molar refractivity (Wildman–Crippen MR) is 110 cm³/mol. The summed E-state index contributed by atoms with van der Waals surface area (Å²) in [6, 6.07) is 13.2. The smallest absolute Gasteiger partial charge is 0.258 e. The molecule has 0 fully saturated rings. The van der Waals surface area contributed by atoms with Crippen LogP contribution in [0.5, 0.6) is 11.5 Å². The zero-order valence-corrected chi connectivity index (χ0v) is 16.9. The Kier molecular flexibility index (Phi) is 5.25. The molecule has 1 aromatic heterocycles. The number of hydrogen-bond acceptors (Lipinski definition) is 5. The number of hydrogen-bond donors (Lipinski definition) is 0. The van der Waals surface area contributed by atoms with Crippen LogP contribution in [0.1, 0.15) is 39.4 Å². The van der Waals surface area contributed by atoms with E-state index in [4.69, 9.17) is 14.0 Å². The quantitative estimate of drug-likeness (QED) is 0.641. The maximum absolute atomic E-state index is 13.2. The molecule has 0 atom stereocenters. The van der Waals surface area contributed by atoms with Gasteiger partial charge in [-0.2, -0.15) is 0 Å². The molecule has 3 aromatic rings. The summed E-state index contributed by atoms with van der Waals surface area (Å²) in [6.45, 7) is 4.80. The summed E-state index contributed by atoms with van der Waals surface area (Å²) in [5.41, 5.74) is 4.43. The second kappa shape index (κ2) is 7.99. The number of aromatic nitrogens is 1. The van der Waals surface area contributed by atoms with Crippen molar-refractivity contribution in [1.29, 1.82) is 0 Å². The van der Waals surface area contributed by atoms with Gasteiger partial charge >= 0.3 is 0 Å². The number of rotatable bonds is 5. The number of aryl methyl sites for hydroxylation is 3. The van der Waals surface area contributed by atoms with Crippen molar-refractivity contribution < 1.29 is 18.8 Å². The monoisotopic (exact) mass is 392 g/mol. The van der Waals surface area contributed by atoms with Gasteiger partial charge in [0.1, 0.15) is 23.9 Å². The Morgan fingerprint density at radius 2 is 2.03 bits per heavy atom. The average Bonchev–Trinajstić information content (AvgIpc) is 3.08. The van der Waals surface area contributed by atoms with Gasteiger partial charge in [0.25, 0.3) is 5.91 Å². The van der Waals surface area contributed by atoms with Crippen molar-refractivity contribution in [2.45, 2.75) is 33.3 Å². The fourth-order valence-electron chi connectivity index (χ4n) is 3.65. The summed E-state index contributed by atoms with van der Waals surface area (Å²) in [5, 5.41) is 3.94. The molecule has 150 valence electrons. The van der Waals surface area contributed by atoms with Crippen molar-refractivity contribution in [3.05, 3.63) is 70.6 Å². The van der Waals surface area contributed by atoms with Crippen molar-refractivity contribution in [2.75, 3.05) is 18.6 Å². The fourth-order valence-corrected chi connectivity index (χ4v) is 3.65. The van der Waals surface area contributed by atoms with Crippen molar-refractivity contribution in [3.63, 3.8) is 0 Å². The van der Waals surface area contributed by atoms with Gasteiger partial charge in [0, 0.05) is 17.8 Å². The average molecular weight is 392 g/mol. The topological polar surface area (TPSA) is 64.8 Å². The lowest BCUT2D eigenvalue weighted by molar-refractivity contribution is 0.0984. The van der Waals surface area contributed by atoms with E-state index in [9.17, 15) is 4.79 Å². The molecule has 29 heavy (non-hydrogen) atoms. The van der Waals surface area contributed by atoms with Crippen LogP contribution in [0, 0.1) is 13.8 Å². The minimum Gasteiger partial charge on any atom is -0.497 e. The number of anilines is 1. The first kappa shape index (κ1) is 19.1. The second-order valence-electron chi connectivity index (χ2n) is 7.17. The van der Waals surface area contributed by atoms with E-state index in [1.165, 1.54) is 0 Å². The van der Waals surface area contributed by atoms with Crippen LogP contribution in [0.15, 0.2) is 47.0 Å². The molecule has 6 heteroatoms. The molecular formula is C23H24N2O4. The number of fused-ring (bicyclic) bond motifs is 1. The first-order chi connectivity index (χ1) is 14.1. The number of nitrogens with zero attached hydrogens (tertiary/aromatic N) is 2. The largest absolute Gasteiger partial charge is 0.497 e. The second-order valence-corrected chi connectivity index (χ2v) is 7.17. The number of methoxy groups -OCH3 is 1. The van der Waals surface area contributed by atoms with Crippen LogP contribution in [-0.4, -0.2) is 24.7 Å². The Bertz CT molecular complexity index is 1020. The Labute approximate surface area is 170 Å². The summed E-state index contributed by atoms with van der Waals surface area (Å²) in [5.74, 6) is 2.17. The van der Waals surface area contributed by atoms with E-state index in [-0.39, 0.29) is 5.91 Å². The Morgan fingerprint density at radius 1 is 1.17 bits per heavy atom. The Balaban J connectivity index is 1.54. The first-order valence-corrected chi connectivity index (χ1v) is 9.70. The molecule has 4 rings (SSSR count). The first-order valence-electron chi connectivity index (χ1n) is 9.70. The molecule has 6 nitrogen and oxygen atoms in total. The third-order valence-corrected chi connectivity index (χ3v) is 5.30. The summed E-state index contributed by atoms with van der Waals surface area (Å²) < 4.78 is 16.4. The number of amides is 1. The van der Waals surface area contributed by atoms with Gasteiger partial charge in [-0.15, -0.1) is 0 Å². The molecule has 0 spiro atoms. The fraction of sp³-hybridized carbons (Fsp3) is 0.304. The van der Waals surface area contributed by atoms with Crippen LogP contribution in [-0.2, 0) is 13.0 Å². The van der Waals surface area contributed by atoms with Crippen LogP contribution in [0.3, 0.4) is 0 Å². The number of benzene rings is 2. The van der Waals surface area contributed by atoms with Gasteiger partial charge < -0.3 is 18.9 Å². The molecule has 0 saturated carbocycles. The van der Waals surface area contributed by atoms with Crippen molar-refractivity contribution in [2.24, 2.45) is 0 Å². The Morgan fingerprint density at radius 3 is 2.79 bits per heavy atom. The standard InChI is InChI=1S/C23H24N2O4/c1-15-21(16(2)29-24-15)14-28-20-8-4-6-18(13-20)23(26)25-11-5-7-17-12-19(27-3)9-10-22(17)25/h4,6,8-10,12-13H,5,7,11,14H2,1-3H3. The van der Waals surface area contributed by atoms with Gasteiger partial charge in [0.05, 0.1) is 18.4 Å². The zero-order valence-electron chi connectivity index (χ0n) is 16.9. The molecule has 0 radical (unpaired) electrons. The summed E-state index contributed by atoms with van der Waals surface area (Å²) >= 11 is 0. The number of carbonyl (C=O) groups excluding carboxylic acids is 1. The van der Waals surface area contributed by atoms with Gasteiger partial charge in [0.15, 0.2) is 0 Å². The minimum absolute atomic E-state index is 0.0288. The molecule has 2 heterocycles. The van der Waals surface area contributed by atoms with E-state index in [0.29, 0.717) is 24.5 Å². The lowest BCUT2D eigenvalue weighted by atomic mass is 10.0. The van der Waals surface area contributed by atoms with E-state index in [0.717, 1.165) is 46.9 Å². The minimum atomic E-state index is -0.0288. The van der Waals surface area contributed by atoms with Crippen LogP contribution >= 0.6 is 0 Å². The van der Waals surface area contributed by atoms with Gasteiger partial charge in [-0.1, -0.05) is 11.2 Å². The summed E-state index contributed by atoms with van der Waals surface area (Å²) in [6.07, 6.45) is 1.87. The molecule has 0 bridgehead atoms. The molecule has 1 aliphatic heterocycles. The zero-order chi connectivity index (χ0) is 20.4. The summed E-state index contributed by atoms with van der Waals surface area (Å²) in [4.78, 5) is 15.1. The van der Waals surface area contributed by atoms with Gasteiger partial charge in [-0.3, -0.25) is 4.79 Å². The molecule has 0 aliphatic carbocycles. The van der Waals surface area contributed by atoms with Crippen LogP contribution in [0.25, 0.3) is 0 Å². The third kappa shape index (κ3) is 3.83. The van der Waals surface area contributed by atoms with E-state index in [2.05, 4.69) is 5.16 Å². The highest BCUT2D eigenvalue weighted by molar-refractivity contribution is 6.07. The molecular weight excluding hydrogens is 368 g/mol. The molecule has 1 amide bonds. The highest BCUT2D eigenvalue weighted by Crippen LogP contribution is 2.32. The molecule has 0 N–H and O–H groups in total. The van der Waals surface area contributed by atoms with Gasteiger partial charge in [-0.25, -0.2) is 0 Å². The van der Waals surface area contributed by atoms with E-state index in [1.54, 1.807) is 13.2 Å². The molecule has 1 aliphatic rings. The molecule has 0 saturated heterocycles. The SMILES string of the molecule is COc1ccc2c(c1)CCCN2C(=O)c1cccc(OCc2c(C)noc2C)c1.